The van der Waals surface area contributed by atoms with E-state index in [2.05, 4.69) is 0 Å². The molecule has 14 heavy (non-hydrogen) atoms. The summed E-state index contributed by atoms with van der Waals surface area (Å²) in [4.78, 5) is 10.3. The van der Waals surface area contributed by atoms with Crippen LogP contribution in [0.4, 0.5) is 8.78 Å². The average Bonchev–Trinajstić information content (AvgIpc) is 2.08. The third-order valence-corrected chi connectivity index (χ3v) is 1.62. The summed E-state index contributed by atoms with van der Waals surface area (Å²) in [6, 6.07) is 1.56. The molecule has 1 aromatic carbocycles. The van der Waals surface area contributed by atoms with E-state index < -0.39 is 35.7 Å². The number of halogens is 2. The Morgan fingerprint density at radius 2 is 1.79 bits per heavy atom. The monoisotopic (exact) mass is 202 g/mol. The predicted molar refractivity (Wildman–Crippen MR) is 43.1 cm³/mol. The molecule has 0 saturated heterocycles. The summed E-state index contributed by atoms with van der Waals surface area (Å²) in [5.41, 5.74) is -1.56. The van der Waals surface area contributed by atoms with Gasteiger partial charge in [0.2, 0.25) is 0 Å². The van der Waals surface area contributed by atoms with Crippen LogP contribution in [0.1, 0.15) is 10.4 Å². The molecule has 1 aromatic rings. The maximum absolute atomic E-state index is 12.9. The molecule has 0 spiro atoms. The van der Waals surface area contributed by atoms with Gasteiger partial charge in [0.25, 0.3) is 0 Å². The molecule has 7 heteroatoms. The van der Waals surface area contributed by atoms with Gasteiger partial charge in [-0.3, -0.25) is 0 Å². The van der Waals surface area contributed by atoms with Crippen LogP contribution < -0.4 is 5.46 Å². The Labute approximate surface area is 77.6 Å². The van der Waals surface area contributed by atoms with Gasteiger partial charge in [0.05, 0.1) is 5.56 Å². The minimum atomic E-state index is -2.17. The topological polar surface area (TPSA) is 77.8 Å². The number of carbonyl (C=O) groups is 1. The van der Waals surface area contributed by atoms with Gasteiger partial charge in [-0.1, -0.05) is 6.07 Å². The van der Waals surface area contributed by atoms with Gasteiger partial charge in [0.15, 0.2) is 11.6 Å². The molecular formula is C7H5BF2O4. The van der Waals surface area contributed by atoms with Crippen LogP contribution >= 0.6 is 0 Å². The third-order valence-electron chi connectivity index (χ3n) is 1.62. The van der Waals surface area contributed by atoms with Gasteiger partial charge in [-0.05, 0) is 6.07 Å². The Kier molecular flexibility index (Phi) is 2.83. The van der Waals surface area contributed by atoms with Crippen molar-refractivity contribution in [2.24, 2.45) is 0 Å². The van der Waals surface area contributed by atoms with Gasteiger partial charge in [0.1, 0.15) is 0 Å². The highest BCUT2D eigenvalue weighted by molar-refractivity contribution is 6.58. The predicted octanol–water partition coefficient (Wildman–Crippen LogP) is -0.657. The summed E-state index contributed by atoms with van der Waals surface area (Å²) in [5.74, 6) is -4.80. The summed E-state index contributed by atoms with van der Waals surface area (Å²) < 4.78 is 25.8. The second-order valence-corrected chi connectivity index (χ2v) is 2.51. The quantitative estimate of drug-likeness (QED) is 0.556. The fourth-order valence-corrected chi connectivity index (χ4v) is 0.929. The van der Waals surface area contributed by atoms with Crippen LogP contribution in [-0.2, 0) is 0 Å². The molecule has 74 valence electrons. The largest absolute Gasteiger partial charge is 0.491 e. The van der Waals surface area contributed by atoms with Gasteiger partial charge in [-0.2, -0.15) is 0 Å². The number of hydrogen-bond acceptors (Lipinski definition) is 3. The Bertz CT molecular complexity index is 380. The zero-order valence-electron chi connectivity index (χ0n) is 6.74. The molecule has 0 amide bonds. The Hall–Kier alpha value is -1.47. The first-order valence-corrected chi connectivity index (χ1v) is 3.52. The van der Waals surface area contributed by atoms with Crippen molar-refractivity contribution in [3.8, 4) is 0 Å². The smallest absolute Gasteiger partial charge is 0.478 e. The van der Waals surface area contributed by atoms with Crippen LogP contribution in [0.5, 0.6) is 0 Å². The lowest BCUT2D eigenvalue weighted by molar-refractivity contribution is 0.0690. The number of benzene rings is 1. The normalized spacial score (nSPS) is 10.0. The van der Waals surface area contributed by atoms with Crippen LogP contribution in [0, 0.1) is 11.6 Å². The molecule has 0 radical (unpaired) electrons. The van der Waals surface area contributed by atoms with Crippen molar-refractivity contribution in [3.63, 3.8) is 0 Å². The molecule has 0 bridgehead atoms. The lowest BCUT2D eigenvalue weighted by atomic mass is 9.79. The zero-order chi connectivity index (χ0) is 10.9. The minimum Gasteiger partial charge on any atom is -0.478 e. The molecule has 0 atom stereocenters. The van der Waals surface area contributed by atoms with E-state index in [1.807, 2.05) is 0 Å². The maximum atomic E-state index is 12.9. The van der Waals surface area contributed by atoms with Crippen LogP contribution in [0.25, 0.3) is 0 Å². The van der Waals surface area contributed by atoms with E-state index in [1.54, 1.807) is 0 Å². The molecular weight excluding hydrogens is 197 g/mol. The fraction of sp³-hybridized carbons (Fsp3) is 0. The number of carboxylic acid groups (broad SMARTS) is 1. The van der Waals surface area contributed by atoms with E-state index >= 15 is 0 Å². The summed E-state index contributed by atoms with van der Waals surface area (Å²) in [6.07, 6.45) is 0. The van der Waals surface area contributed by atoms with Crippen molar-refractivity contribution in [2.75, 3.05) is 0 Å². The highest BCUT2D eigenvalue weighted by atomic mass is 19.2. The molecule has 0 heterocycles. The van der Waals surface area contributed by atoms with E-state index in [0.717, 1.165) is 12.1 Å². The van der Waals surface area contributed by atoms with Gasteiger partial charge >= 0.3 is 13.1 Å². The van der Waals surface area contributed by atoms with Crippen molar-refractivity contribution in [1.29, 1.82) is 0 Å². The van der Waals surface area contributed by atoms with Crippen LogP contribution in [-0.4, -0.2) is 28.2 Å². The van der Waals surface area contributed by atoms with Crippen LogP contribution in [0.2, 0.25) is 0 Å². The first-order valence-electron chi connectivity index (χ1n) is 3.52. The van der Waals surface area contributed by atoms with E-state index in [9.17, 15) is 13.6 Å². The van der Waals surface area contributed by atoms with Gasteiger partial charge in [-0.15, -0.1) is 0 Å². The minimum absolute atomic E-state index is 0.701. The SMILES string of the molecule is O=C(O)c1ccc(B(O)O)c(F)c1F. The molecule has 0 aromatic heterocycles. The maximum Gasteiger partial charge on any atom is 0.491 e. The van der Waals surface area contributed by atoms with Crippen molar-refractivity contribution in [1.82, 2.24) is 0 Å². The molecule has 0 aliphatic rings. The van der Waals surface area contributed by atoms with E-state index in [1.165, 1.54) is 0 Å². The van der Waals surface area contributed by atoms with Crippen molar-refractivity contribution >= 4 is 18.6 Å². The van der Waals surface area contributed by atoms with Crippen molar-refractivity contribution in [2.45, 2.75) is 0 Å². The zero-order valence-corrected chi connectivity index (χ0v) is 6.74. The molecule has 0 aliphatic heterocycles. The summed E-state index contributed by atoms with van der Waals surface area (Å²) >= 11 is 0. The highest BCUT2D eigenvalue weighted by Gasteiger charge is 2.23. The number of rotatable bonds is 2. The number of hydrogen-bond donors (Lipinski definition) is 3. The molecule has 3 N–H and O–H groups in total. The number of aromatic carboxylic acids is 1. The number of carboxylic acids is 1. The molecule has 0 saturated carbocycles. The van der Waals surface area contributed by atoms with E-state index in [-0.39, 0.29) is 0 Å². The highest BCUT2D eigenvalue weighted by Crippen LogP contribution is 2.09. The average molecular weight is 202 g/mol. The summed E-state index contributed by atoms with van der Waals surface area (Å²) in [5, 5.41) is 25.5. The molecule has 1 rings (SSSR count). The van der Waals surface area contributed by atoms with E-state index in [0.29, 0.717) is 0 Å². The standard InChI is InChI=1S/C7H5BF2O4/c9-5-3(7(11)12)1-2-4(6(5)10)8(13)14/h1-2,13-14H,(H,11,12). The second kappa shape index (κ2) is 3.73. The van der Waals surface area contributed by atoms with E-state index in [4.69, 9.17) is 15.2 Å². The van der Waals surface area contributed by atoms with Crippen LogP contribution in [0.3, 0.4) is 0 Å². The molecule has 0 aliphatic carbocycles. The lowest BCUT2D eigenvalue weighted by Gasteiger charge is -2.04. The Balaban J connectivity index is 3.33. The molecule has 4 nitrogen and oxygen atoms in total. The van der Waals surface area contributed by atoms with Gasteiger partial charge in [-0.25, -0.2) is 13.6 Å². The summed E-state index contributed by atoms with van der Waals surface area (Å²) in [7, 11) is -2.17. The molecule has 0 fully saturated rings. The van der Waals surface area contributed by atoms with Gasteiger partial charge < -0.3 is 15.2 Å². The Morgan fingerprint density at radius 3 is 2.21 bits per heavy atom. The van der Waals surface area contributed by atoms with Crippen LogP contribution in [0.15, 0.2) is 12.1 Å². The van der Waals surface area contributed by atoms with Crippen molar-refractivity contribution < 1.29 is 28.7 Å². The summed E-state index contributed by atoms with van der Waals surface area (Å²) in [6.45, 7) is 0. The third kappa shape index (κ3) is 1.73. The first-order chi connectivity index (χ1) is 6.45. The Morgan fingerprint density at radius 1 is 1.21 bits per heavy atom. The fourth-order valence-electron chi connectivity index (χ4n) is 0.929. The molecule has 0 unspecified atom stereocenters. The first kappa shape index (κ1) is 10.6. The van der Waals surface area contributed by atoms with Gasteiger partial charge in [0, 0.05) is 5.46 Å². The van der Waals surface area contributed by atoms with Crippen molar-refractivity contribution in [3.05, 3.63) is 29.3 Å². The lowest BCUT2D eigenvalue weighted by Crippen LogP contribution is -2.34. The second-order valence-electron chi connectivity index (χ2n) is 2.51.